The van der Waals surface area contributed by atoms with Crippen LogP contribution in [0.5, 0.6) is 0 Å². The standard InChI is InChI=1S/C110H116N2/c1-9-13-17-21-25-41-61-109(62-42-26-22-18-14-10-2)91-67-86-84-66-90-88(104-80-52-36-34-50-78(80)102(72-96(104)108(90,7)8)112-98-56-40-38-54-82(98)106-76-48-32-30-46-74(76)58-60-100(106)112)70-94(84)110(63-43-27-23-19-15-11-3,64-44-28-24-20-16-12-4)92(86)68-85(91)83-65-89-87(69-93(83)109)103-79-51-35-33-49-77(79)101(71-95(103)107(89,5)6)111-97-55-39-37-53-81(97)105-75-47-31-29-45-73(75)57-59-99(105)111/h29-40,45-60,65-72H,9-28,41-44,61-64H2,1-8H3. The van der Waals surface area contributed by atoms with Crippen LogP contribution >= 0.6 is 0 Å². The van der Waals surface area contributed by atoms with Gasteiger partial charge in [0.2, 0.25) is 0 Å². The summed E-state index contributed by atoms with van der Waals surface area (Å²) in [6, 6.07) is 87.7. The SMILES string of the molecule is CCCCCCCCC1(CCCCCCCC)c2cc3c(cc2-c2cc4c(cc21)-c1cc2c(cc1C4(CCCCCCCC)CCCCCCCC)-c1c(cc(-n4c5ccccc5c5c6ccccc6ccc54)c4ccccc14)C2(C)C)C(C)(C)c1cc(-n2c4ccccc4c4c5ccccc5ccc42)c2ccccc2c1-3. The molecule has 15 aromatic rings. The second kappa shape index (κ2) is 29.5. The van der Waals surface area contributed by atoms with Gasteiger partial charge in [-0.05, 0) is 220 Å². The lowest BCUT2D eigenvalue weighted by molar-refractivity contribution is 0.394. The third-order valence-corrected chi connectivity index (χ3v) is 28.8. The van der Waals surface area contributed by atoms with Crippen molar-refractivity contribution in [3.63, 3.8) is 0 Å². The maximum absolute atomic E-state index is 2.95. The Bertz CT molecular complexity index is 5760. The number of nitrogens with zero attached hydrogens (tertiary/aromatic N) is 2. The molecule has 0 unspecified atom stereocenters. The molecule has 112 heavy (non-hydrogen) atoms. The Balaban J connectivity index is 0.832. The van der Waals surface area contributed by atoms with Crippen molar-refractivity contribution in [3.8, 4) is 55.9 Å². The lowest BCUT2D eigenvalue weighted by atomic mass is 9.68. The van der Waals surface area contributed by atoms with E-state index in [1.165, 1.54) is 333 Å². The van der Waals surface area contributed by atoms with Crippen LogP contribution in [0.3, 0.4) is 0 Å². The number of hydrogen-bond donors (Lipinski definition) is 0. The first kappa shape index (κ1) is 72.7. The summed E-state index contributed by atoms with van der Waals surface area (Å²) in [4.78, 5) is 0. The first-order valence-corrected chi connectivity index (χ1v) is 44.5. The highest BCUT2D eigenvalue weighted by molar-refractivity contribution is 6.24. The van der Waals surface area contributed by atoms with Crippen LogP contribution in [0.25, 0.3) is 143 Å². The minimum Gasteiger partial charge on any atom is -0.309 e. The Kier molecular flexibility index (Phi) is 19.1. The fourth-order valence-corrected chi connectivity index (χ4v) is 23.1. The van der Waals surface area contributed by atoms with Gasteiger partial charge in [-0.25, -0.2) is 0 Å². The van der Waals surface area contributed by atoms with Gasteiger partial charge in [-0.3, -0.25) is 0 Å². The molecule has 0 spiro atoms. The molecular weight excluding hydrogens is 1350 g/mol. The number of benzene rings is 13. The van der Waals surface area contributed by atoms with Crippen LogP contribution in [0.4, 0.5) is 0 Å². The Morgan fingerprint density at radius 3 is 0.848 bits per heavy atom. The molecule has 0 amide bonds. The molecule has 2 aromatic heterocycles. The van der Waals surface area contributed by atoms with Gasteiger partial charge in [-0.1, -0.05) is 355 Å². The normalized spacial score (nSPS) is 15.0. The highest BCUT2D eigenvalue weighted by Gasteiger charge is 2.51. The van der Waals surface area contributed by atoms with Crippen LogP contribution in [0.2, 0.25) is 0 Å². The van der Waals surface area contributed by atoms with Gasteiger partial charge in [0, 0.05) is 54.0 Å². The summed E-state index contributed by atoms with van der Waals surface area (Å²) in [5.41, 5.74) is 31.2. The Morgan fingerprint density at radius 1 is 0.223 bits per heavy atom. The second-order valence-electron chi connectivity index (χ2n) is 36.1. The maximum atomic E-state index is 2.95. The molecule has 2 nitrogen and oxygen atoms in total. The van der Waals surface area contributed by atoms with Crippen LogP contribution in [0.15, 0.2) is 218 Å². The molecule has 0 bridgehead atoms. The smallest absolute Gasteiger partial charge is 0.0547 e. The number of aromatic nitrogens is 2. The zero-order chi connectivity index (χ0) is 76.0. The summed E-state index contributed by atoms with van der Waals surface area (Å²) in [5, 5.41) is 15.9. The quantitative estimate of drug-likeness (QED) is 0.0397. The molecule has 19 rings (SSSR count). The van der Waals surface area contributed by atoms with E-state index < -0.39 is 0 Å². The zero-order valence-electron chi connectivity index (χ0n) is 68.5. The van der Waals surface area contributed by atoms with Gasteiger partial charge in [0.25, 0.3) is 0 Å². The molecule has 0 aliphatic heterocycles. The molecule has 0 atom stereocenters. The van der Waals surface area contributed by atoms with Gasteiger partial charge in [0.15, 0.2) is 0 Å². The van der Waals surface area contributed by atoms with E-state index in [1.54, 1.807) is 33.4 Å². The third kappa shape index (κ3) is 11.5. The molecule has 2 heterocycles. The number of fused-ring (bicyclic) bond motifs is 26. The van der Waals surface area contributed by atoms with Crippen molar-refractivity contribution < 1.29 is 0 Å². The highest BCUT2D eigenvalue weighted by Crippen LogP contribution is 2.66. The van der Waals surface area contributed by atoms with Crippen molar-refractivity contribution in [1.29, 1.82) is 0 Å². The molecule has 0 fully saturated rings. The van der Waals surface area contributed by atoms with E-state index in [4.69, 9.17) is 0 Å². The summed E-state index contributed by atoms with van der Waals surface area (Å²) < 4.78 is 5.26. The minimum absolute atomic E-state index is 0.150. The van der Waals surface area contributed by atoms with E-state index in [-0.39, 0.29) is 21.7 Å². The van der Waals surface area contributed by atoms with Gasteiger partial charge >= 0.3 is 0 Å². The van der Waals surface area contributed by atoms with Crippen molar-refractivity contribution in [2.45, 2.75) is 257 Å². The number of unbranched alkanes of at least 4 members (excludes halogenated alkanes) is 20. The molecule has 566 valence electrons. The molecular formula is C110H116N2. The fraction of sp³-hybridized carbons (Fsp3) is 0.364. The topological polar surface area (TPSA) is 9.86 Å². The van der Waals surface area contributed by atoms with Crippen molar-refractivity contribution in [1.82, 2.24) is 9.13 Å². The average Bonchev–Trinajstić information content (AvgIpc) is 1.52. The van der Waals surface area contributed by atoms with Gasteiger partial charge in [-0.15, -0.1) is 0 Å². The highest BCUT2D eigenvalue weighted by atomic mass is 15.0. The van der Waals surface area contributed by atoms with E-state index >= 15 is 0 Å². The van der Waals surface area contributed by atoms with Crippen molar-refractivity contribution >= 4 is 86.7 Å². The van der Waals surface area contributed by atoms with Crippen molar-refractivity contribution in [2.75, 3.05) is 0 Å². The monoisotopic (exact) mass is 1460 g/mol. The zero-order valence-corrected chi connectivity index (χ0v) is 68.5. The van der Waals surface area contributed by atoms with Crippen LogP contribution in [-0.2, 0) is 21.7 Å². The van der Waals surface area contributed by atoms with Crippen LogP contribution in [0.1, 0.15) is 280 Å². The summed E-state index contributed by atoms with van der Waals surface area (Å²) in [6.07, 6.45) is 35.8. The first-order chi connectivity index (χ1) is 54.9. The molecule has 0 saturated carbocycles. The van der Waals surface area contributed by atoms with Gasteiger partial charge < -0.3 is 9.13 Å². The van der Waals surface area contributed by atoms with Crippen LogP contribution in [-0.4, -0.2) is 9.13 Å². The molecule has 13 aromatic carbocycles. The molecule has 4 aliphatic rings. The third-order valence-electron chi connectivity index (χ3n) is 28.8. The maximum Gasteiger partial charge on any atom is 0.0547 e. The van der Waals surface area contributed by atoms with Crippen molar-refractivity contribution in [3.05, 3.63) is 263 Å². The van der Waals surface area contributed by atoms with Gasteiger partial charge in [-0.2, -0.15) is 0 Å². The molecule has 0 saturated heterocycles. The average molecular weight is 1470 g/mol. The molecule has 0 radical (unpaired) electrons. The molecule has 2 heteroatoms. The summed E-state index contributed by atoms with van der Waals surface area (Å²) >= 11 is 0. The number of rotatable bonds is 30. The predicted molar refractivity (Wildman–Crippen MR) is 485 cm³/mol. The van der Waals surface area contributed by atoms with Gasteiger partial charge in [0.1, 0.15) is 0 Å². The van der Waals surface area contributed by atoms with Crippen molar-refractivity contribution in [2.24, 2.45) is 0 Å². The summed E-state index contributed by atoms with van der Waals surface area (Å²) in [7, 11) is 0. The minimum atomic E-state index is -0.285. The van der Waals surface area contributed by atoms with Gasteiger partial charge in [0.05, 0.1) is 33.4 Å². The Morgan fingerprint density at radius 2 is 0.500 bits per heavy atom. The lowest BCUT2D eigenvalue weighted by Gasteiger charge is -2.35. The largest absolute Gasteiger partial charge is 0.309 e. The summed E-state index contributed by atoms with van der Waals surface area (Å²) in [5.74, 6) is 0. The Labute approximate surface area is 667 Å². The first-order valence-electron chi connectivity index (χ1n) is 44.5. The van der Waals surface area contributed by atoms with Crippen LogP contribution < -0.4 is 0 Å². The van der Waals surface area contributed by atoms with E-state index in [0.29, 0.717) is 0 Å². The second-order valence-corrected chi connectivity index (χ2v) is 36.1. The van der Waals surface area contributed by atoms with E-state index in [2.05, 4.69) is 283 Å². The lowest BCUT2D eigenvalue weighted by Crippen LogP contribution is -2.27. The fourth-order valence-electron chi connectivity index (χ4n) is 23.1. The predicted octanol–water partition coefficient (Wildman–Crippen LogP) is 32.6. The molecule has 4 aliphatic carbocycles. The summed E-state index contributed by atoms with van der Waals surface area (Å²) in [6.45, 7) is 19.8. The van der Waals surface area contributed by atoms with E-state index in [0.717, 1.165) is 0 Å². The number of hydrogen-bond acceptors (Lipinski definition) is 0. The van der Waals surface area contributed by atoms with Crippen LogP contribution in [0, 0.1) is 0 Å². The van der Waals surface area contributed by atoms with E-state index in [1.807, 2.05) is 0 Å². The van der Waals surface area contributed by atoms with E-state index in [9.17, 15) is 0 Å². The molecule has 0 N–H and O–H groups in total. The Hall–Kier alpha value is -9.50. The number of para-hydroxylation sites is 2.